The normalized spacial score (nSPS) is 35.6. The average molecular weight is 250 g/mol. The molecule has 0 aromatic heterocycles. The average Bonchev–Trinajstić information content (AvgIpc) is 2.38. The molecule has 100 valence electrons. The third kappa shape index (κ3) is 2.37. The topological polar surface area (TPSA) is 57.5 Å². The van der Waals surface area contributed by atoms with E-state index in [0.717, 1.165) is 24.8 Å². The third-order valence-electron chi connectivity index (χ3n) is 4.77. The SMILES string of the molecule is C=C(CO)[C@H]1CC[C@@H](C)[C@H]2CCC(C(=O)O)=C[C@H]21. The van der Waals surface area contributed by atoms with E-state index in [1.165, 1.54) is 0 Å². The summed E-state index contributed by atoms with van der Waals surface area (Å²) in [6.45, 7) is 6.23. The van der Waals surface area contributed by atoms with Crippen LogP contribution in [0.2, 0.25) is 0 Å². The van der Waals surface area contributed by atoms with E-state index in [1.807, 2.05) is 6.08 Å². The van der Waals surface area contributed by atoms with Gasteiger partial charge in [-0.3, -0.25) is 0 Å². The van der Waals surface area contributed by atoms with Gasteiger partial charge in [0.2, 0.25) is 0 Å². The number of carboxylic acid groups (broad SMARTS) is 1. The van der Waals surface area contributed by atoms with Crippen molar-refractivity contribution in [3.05, 3.63) is 23.8 Å². The molecule has 0 bridgehead atoms. The predicted molar refractivity (Wildman–Crippen MR) is 70.0 cm³/mol. The van der Waals surface area contributed by atoms with Gasteiger partial charge in [-0.25, -0.2) is 4.79 Å². The lowest BCUT2D eigenvalue weighted by Crippen LogP contribution is -2.36. The van der Waals surface area contributed by atoms with E-state index in [9.17, 15) is 9.90 Å². The predicted octanol–water partition coefficient (Wildman–Crippen LogP) is 2.62. The number of carbonyl (C=O) groups is 1. The standard InChI is InChI=1S/C15H22O3/c1-9-3-5-13(10(2)8-16)14-7-11(15(17)18)4-6-12(9)14/h7,9,12-14,16H,2-6,8H2,1H3,(H,17,18)/t9-,12-,13-,14-/m1/s1. The number of hydrogen-bond acceptors (Lipinski definition) is 2. The Labute approximate surface area is 108 Å². The number of fused-ring (bicyclic) bond motifs is 1. The Hall–Kier alpha value is -1.09. The van der Waals surface area contributed by atoms with Gasteiger partial charge in [-0.1, -0.05) is 19.6 Å². The largest absolute Gasteiger partial charge is 0.478 e. The van der Waals surface area contributed by atoms with Gasteiger partial charge in [0.25, 0.3) is 0 Å². The van der Waals surface area contributed by atoms with Crippen LogP contribution in [-0.4, -0.2) is 22.8 Å². The van der Waals surface area contributed by atoms with Crippen LogP contribution in [0.25, 0.3) is 0 Å². The Kier molecular flexibility index (Phi) is 3.91. The first-order chi connectivity index (χ1) is 8.54. The minimum Gasteiger partial charge on any atom is -0.478 e. The summed E-state index contributed by atoms with van der Waals surface area (Å²) in [5.41, 5.74) is 1.40. The van der Waals surface area contributed by atoms with E-state index >= 15 is 0 Å². The van der Waals surface area contributed by atoms with Gasteiger partial charge in [-0.2, -0.15) is 0 Å². The van der Waals surface area contributed by atoms with Crippen molar-refractivity contribution in [2.45, 2.75) is 32.6 Å². The molecule has 3 heteroatoms. The molecule has 0 saturated heterocycles. The second kappa shape index (κ2) is 5.27. The monoisotopic (exact) mass is 250 g/mol. The number of hydrogen-bond donors (Lipinski definition) is 2. The molecule has 0 aliphatic heterocycles. The van der Waals surface area contributed by atoms with Gasteiger partial charge in [0.1, 0.15) is 0 Å². The number of aliphatic hydroxyl groups excluding tert-OH is 1. The van der Waals surface area contributed by atoms with E-state index in [4.69, 9.17) is 5.11 Å². The number of aliphatic carboxylic acids is 1. The minimum absolute atomic E-state index is 0.0124. The lowest BCUT2D eigenvalue weighted by Gasteiger charge is -2.44. The van der Waals surface area contributed by atoms with Crippen LogP contribution in [0.15, 0.2) is 23.8 Å². The molecule has 2 N–H and O–H groups in total. The van der Waals surface area contributed by atoms with Crippen LogP contribution in [0.4, 0.5) is 0 Å². The summed E-state index contributed by atoms with van der Waals surface area (Å²) in [5, 5.41) is 18.4. The second-order valence-electron chi connectivity index (χ2n) is 5.75. The fraction of sp³-hybridized carbons (Fsp3) is 0.667. The van der Waals surface area contributed by atoms with Crippen molar-refractivity contribution < 1.29 is 15.0 Å². The zero-order valence-corrected chi connectivity index (χ0v) is 10.9. The molecule has 0 amide bonds. The lowest BCUT2D eigenvalue weighted by atomic mass is 9.61. The van der Waals surface area contributed by atoms with E-state index in [-0.39, 0.29) is 18.4 Å². The van der Waals surface area contributed by atoms with Crippen molar-refractivity contribution in [3.63, 3.8) is 0 Å². The van der Waals surface area contributed by atoms with Crippen LogP contribution in [0.3, 0.4) is 0 Å². The Balaban J connectivity index is 2.27. The quantitative estimate of drug-likeness (QED) is 0.757. The molecule has 1 saturated carbocycles. The summed E-state index contributed by atoms with van der Waals surface area (Å²) in [6, 6.07) is 0. The molecule has 0 aromatic carbocycles. The highest BCUT2D eigenvalue weighted by molar-refractivity contribution is 5.86. The smallest absolute Gasteiger partial charge is 0.331 e. The Morgan fingerprint density at radius 3 is 2.78 bits per heavy atom. The van der Waals surface area contributed by atoms with E-state index in [1.54, 1.807) is 0 Å². The van der Waals surface area contributed by atoms with Gasteiger partial charge in [0.15, 0.2) is 0 Å². The summed E-state index contributed by atoms with van der Waals surface area (Å²) in [4.78, 5) is 11.1. The molecule has 0 heterocycles. The van der Waals surface area contributed by atoms with Gasteiger partial charge in [0.05, 0.1) is 6.61 Å². The zero-order valence-electron chi connectivity index (χ0n) is 10.9. The fourth-order valence-corrected chi connectivity index (χ4v) is 3.65. The summed E-state index contributed by atoms with van der Waals surface area (Å²) in [7, 11) is 0. The number of aliphatic hydroxyl groups is 1. The maximum atomic E-state index is 11.1. The minimum atomic E-state index is -0.792. The fourth-order valence-electron chi connectivity index (χ4n) is 3.65. The highest BCUT2D eigenvalue weighted by Gasteiger charge is 2.39. The van der Waals surface area contributed by atoms with Gasteiger partial charge in [-0.15, -0.1) is 0 Å². The Bertz CT molecular complexity index is 383. The van der Waals surface area contributed by atoms with Gasteiger partial charge >= 0.3 is 5.97 Å². The van der Waals surface area contributed by atoms with Gasteiger partial charge in [-0.05, 0) is 54.9 Å². The third-order valence-corrected chi connectivity index (χ3v) is 4.77. The van der Waals surface area contributed by atoms with Crippen molar-refractivity contribution in [1.29, 1.82) is 0 Å². The second-order valence-corrected chi connectivity index (χ2v) is 5.75. The molecule has 0 radical (unpaired) electrons. The highest BCUT2D eigenvalue weighted by Crippen LogP contribution is 2.47. The maximum Gasteiger partial charge on any atom is 0.331 e. The van der Waals surface area contributed by atoms with Crippen LogP contribution in [0.1, 0.15) is 32.6 Å². The maximum absolute atomic E-state index is 11.1. The van der Waals surface area contributed by atoms with Crippen LogP contribution in [0, 0.1) is 23.7 Å². The molecule has 0 spiro atoms. The summed E-state index contributed by atoms with van der Waals surface area (Å²) in [5.74, 6) is 0.915. The summed E-state index contributed by atoms with van der Waals surface area (Å²) >= 11 is 0. The van der Waals surface area contributed by atoms with Crippen molar-refractivity contribution in [3.8, 4) is 0 Å². The molecular formula is C15H22O3. The first-order valence-electron chi connectivity index (χ1n) is 6.77. The molecule has 0 aromatic rings. The van der Waals surface area contributed by atoms with Gasteiger partial charge < -0.3 is 10.2 Å². The van der Waals surface area contributed by atoms with Crippen LogP contribution in [-0.2, 0) is 4.79 Å². The Morgan fingerprint density at radius 1 is 1.44 bits per heavy atom. The van der Waals surface area contributed by atoms with Crippen molar-refractivity contribution >= 4 is 5.97 Å². The first kappa shape index (κ1) is 13.3. The molecule has 3 nitrogen and oxygen atoms in total. The van der Waals surface area contributed by atoms with E-state index < -0.39 is 5.97 Å². The molecule has 2 aliphatic rings. The van der Waals surface area contributed by atoms with Crippen molar-refractivity contribution in [2.24, 2.45) is 23.7 Å². The van der Waals surface area contributed by atoms with Gasteiger partial charge in [0, 0.05) is 5.57 Å². The van der Waals surface area contributed by atoms with E-state index in [0.29, 0.717) is 23.8 Å². The Morgan fingerprint density at radius 2 is 2.17 bits per heavy atom. The van der Waals surface area contributed by atoms with Crippen molar-refractivity contribution in [2.75, 3.05) is 6.61 Å². The summed E-state index contributed by atoms with van der Waals surface area (Å²) in [6.07, 6.45) is 5.75. The highest BCUT2D eigenvalue weighted by atomic mass is 16.4. The lowest BCUT2D eigenvalue weighted by molar-refractivity contribution is -0.133. The van der Waals surface area contributed by atoms with Crippen LogP contribution in [0.5, 0.6) is 0 Å². The molecular weight excluding hydrogens is 228 g/mol. The molecule has 1 fully saturated rings. The number of carboxylic acids is 1. The van der Waals surface area contributed by atoms with Crippen LogP contribution < -0.4 is 0 Å². The molecule has 2 aliphatic carbocycles. The molecule has 0 unspecified atom stereocenters. The zero-order chi connectivity index (χ0) is 13.3. The summed E-state index contributed by atoms with van der Waals surface area (Å²) < 4.78 is 0. The first-order valence-corrected chi connectivity index (χ1v) is 6.77. The van der Waals surface area contributed by atoms with Crippen molar-refractivity contribution in [1.82, 2.24) is 0 Å². The number of allylic oxidation sites excluding steroid dienone is 1. The molecule has 2 rings (SSSR count). The number of rotatable bonds is 3. The molecule has 18 heavy (non-hydrogen) atoms. The van der Waals surface area contributed by atoms with Crippen LogP contribution >= 0.6 is 0 Å². The van der Waals surface area contributed by atoms with E-state index in [2.05, 4.69) is 13.5 Å². The molecule has 4 atom stereocenters.